The van der Waals surface area contributed by atoms with Crippen molar-refractivity contribution in [1.29, 1.82) is 0 Å². The van der Waals surface area contributed by atoms with Crippen LogP contribution in [-0.4, -0.2) is 26.5 Å². The van der Waals surface area contributed by atoms with Gasteiger partial charge in [0.2, 0.25) is 0 Å². The number of ether oxygens (including phenoxy) is 1. The monoisotopic (exact) mass is 194 g/mol. The molecule has 12 heavy (non-hydrogen) atoms. The second-order valence-corrected chi connectivity index (χ2v) is 4.16. The van der Waals surface area contributed by atoms with E-state index in [1.165, 1.54) is 6.92 Å². The van der Waals surface area contributed by atoms with Crippen LogP contribution in [0, 0.1) is 0 Å². The van der Waals surface area contributed by atoms with Crippen molar-refractivity contribution in [1.82, 2.24) is 4.72 Å². The molecule has 0 bridgehead atoms. The first-order valence-corrected chi connectivity index (χ1v) is 4.87. The van der Waals surface area contributed by atoms with E-state index in [0.717, 1.165) is 0 Å². The number of esters is 1. The molecule has 0 aliphatic carbocycles. The average molecular weight is 194 g/mol. The Hall–Kier alpha value is -0.660. The van der Waals surface area contributed by atoms with Gasteiger partial charge >= 0.3 is 5.97 Å². The molecule has 0 saturated carbocycles. The molecule has 1 fully saturated rings. The number of carbonyl (C=O) groups excluding carboxylic acids is 1. The molecule has 1 aliphatic heterocycles. The van der Waals surface area contributed by atoms with Crippen LogP contribution in [0.25, 0.3) is 0 Å². The van der Waals surface area contributed by atoms with Gasteiger partial charge in [-0.2, -0.15) is 13.1 Å². The number of nitrogens with one attached hydrogen (secondary N) is 1. The number of carbonyl (C=O) groups is 1. The maximum atomic E-state index is 11.0. The smallest absolute Gasteiger partial charge is 0.327 e. The molecule has 0 aromatic heterocycles. The Balaban J connectivity index is 2.80. The molecule has 0 amide bonds. The standard InChI is InChI=1S/C5H10N2O4S/c1-5(7-12(6,9)10)2-3-11-4(5)8/h7H,2-3H2,1H3,(H2,6,9,10). The minimum absolute atomic E-state index is 0.220. The third kappa shape index (κ3) is 1.93. The molecule has 6 nitrogen and oxygen atoms in total. The molecule has 70 valence electrons. The minimum atomic E-state index is -3.85. The Morgan fingerprint density at radius 1 is 1.67 bits per heavy atom. The lowest BCUT2D eigenvalue weighted by Gasteiger charge is -2.18. The van der Waals surface area contributed by atoms with Crippen molar-refractivity contribution in [3.8, 4) is 0 Å². The number of hydrogen-bond acceptors (Lipinski definition) is 4. The first kappa shape index (κ1) is 9.43. The lowest BCUT2D eigenvalue weighted by molar-refractivity contribution is -0.142. The van der Waals surface area contributed by atoms with Gasteiger partial charge in [0.15, 0.2) is 0 Å². The molecule has 1 unspecified atom stereocenters. The van der Waals surface area contributed by atoms with Crippen LogP contribution in [0.3, 0.4) is 0 Å². The average Bonchev–Trinajstić information content (AvgIpc) is 2.08. The van der Waals surface area contributed by atoms with E-state index < -0.39 is 21.7 Å². The van der Waals surface area contributed by atoms with E-state index in [4.69, 9.17) is 5.14 Å². The topological polar surface area (TPSA) is 98.5 Å². The summed E-state index contributed by atoms with van der Waals surface area (Å²) in [7, 11) is -3.85. The van der Waals surface area contributed by atoms with E-state index in [9.17, 15) is 13.2 Å². The lowest BCUT2D eigenvalue weighted by atomic mass is 10.0. The summed E-state index contributed by atoms with van der Waals surface area (Å²) in [6, 6.07) is 0. The summed E-state index contributed by atoms with van der Waals surface area (Å²) in [5.74, 6) is -0.587. The van der Waals surface area contributed by atoms with Crippen molar-refractivity contribution in [3.63, 3.8) is 0 Å². The van der Waals surface area contributed by atoms with Gasteiger partial charge in [0, 0.05) is 6.42 Å². The molecule has 1 atom stereocenters. The molecule has 3 N–H and O–H groups in total. The molecule has 1 aliphatic rings. The maximum Gasteiger partial charge on any atom is 0.327 e. The third-order valence-electron chi connectivity index (χ3n) is 1.65. The molecule has 1 saturated heterocycles. The molecule has 0 aromatic rings. The minimum Gasteiger partial charge on any atom is -0.464 e. The van der Waals surface area contributed by atoms with Crippen LogP contribution in [0.1, 0.15) is 13.3 Å². The normalized spacial score (nSPS) is 30.3. The SMILES string of the molecule is CC1(NS(N)(=O)=O)CCOC1=O. The zero-order chi connectivity index (χ0) is 9.41. The van der Waals surface area contributed by atoms with E-state index in [1.54, 1.807) is 0 Å². The van der Waals surface area contributed by atoms with Crippen LogP contribution in [0.15, 0.2) is 0 Å². The Kier molecular flexibility index (Phi) is 2.11. The lowest BCUT2D eigenvalue weighted by Crippen LogP contribution is -2.51. The van der Waals surface area contributed by atoms with E-state index in [0.29, 0.717) is 6.42 Å². The fourth-order valence-corrected chi connectivity index (χ4v) is 1.83. The molecule has 0 spiro atoms. The van der Waals surface area contributed by atoms with Gasteiger partial charge in [-0.05, 0) is 6.92 Å². The summed E-state index contributed by atoms with van der Waals surface area (Å²) in [6.07, 6.45) is 0.308. The van der Waals surface area contributed by atoms with Crippen molar-refractivity contribution >= 4 is 16.2 Å². The van der Waals surface area contributed by atoms with E-state index in [1.807, 2.05) is 4.72 Å². The van der Waals surface area contributed by atoms with Crippen LogP contribution in [0.5, 0.6) is 0 Å². The highest BCUT2D eigenvalue weighted by molar-refractivity contribution is 7.87. The van der Waals surface area contributed by atoms with Gasteiger partial charge in [-0.3, -0.25) is 4.79 Å². The van der Waals surface area contributed by atoms with Gasteiger partial charge < -0.3 is 4.74 Å². The highest BCUT2D eigenvalue weighted by atomic mass is 32.2. The van der Waals surface area contributed by atoms with Crippen molar-refractivity contribution in [3.05, 3.63) is 0 Å². The van der Waals surface area contributed by atoms with Crippen LogP contribution in [0.4, 0.5) is 0 Å². The zero-order valence-electron chi connectivity index (χ0n) is 6.53. The quantitative estimate of drug-likeness (QED) is 0.522. The predicted octanol–water partition coefficient (Wildman–Crippen LogP) is -1.51. The van der Waals surface area contributed by atoms with E-state index in [-0.39, 0.29) is 6.61 Å². The van der Waals surface area contributed by atoms with Crippen LogP contribution < -0.4 is 9.86 Å². The third-order valence-corrected chi connectivity index (χ3v) is 2.39. The Labute approximate surface area is 70.3 Å². The van der Waals surface area contributed by atoms with Gasteiger partial charge in [-0.1, -0.05) is 0 Å². The van der Waals surface area contributed by atoms with Crippen LogP contribution >= 0.6 is 0 Å². The predicted molar refractivity (Wildman–Crippen MR) is 40.2 cm³/mol. The molecular weight excluding hydrogens is 184 g/mol. The maximum absolute atomic E-state index is 11.0. The molecule has 1 heterocycles. The fraction of sp³-hybridized carbons (Fsp3) is 0.800. The summed E-state index contributed by atoms with van der Waals surface area (Å²) in [6.45, 7) is 1.66. The zero-order valence-corrected chi connectivity index (χ0v) is 7.35. The van der Waals surface area contributed by atoms with Crippen molar-refractivity contribution in [2.24, 2.45) is 5.14 Å². The first-order valence-electron chi connectivity index (χ1n) is 3.32. The second kappa shape index (κ2) is 2.68. The van der Waals surface area contributed by atoms with Gasteiger partial charge in [-0.15, -0.1) is 0 Å². The largest absolute Gasteiger partial charge is 0.464 e. The van der Waals surface area contributed by atoms with Gasteiger partial charge in [-0.25, -0.2) is 5.14 Å². The summed E-state index contributed by atoms with van der Waals surface area (Å²) < 4.78 is 27.8. The Morgan fingerprint density at radius 2 is 2.25 bits per heavy atom. The van der Waals surface area contributed by atoms with E-state index >= 15 is 0 Å². The number of hydrogen-bond donors (Lipinski definition) is 2. The van der Waals surface area contributed by atoms with Crippen molar-refractivity contribution < 1.29 is 17.9 Å². The fourth-order valence-electron chi connectivity index (χ4n) is 1.02. The van der Waals surface area contributed by atoms with Crippen LogP contribution in [0.2, 0.25) is 0 Å². The van der Waals surface area contributed by atoms with E-state index in [2.05, 4.69) is 4.74 Å². The summed E-state index contributed by atoms with van der Waals surface area (Å²) in [5.41, 5.74) is -1.19. The first-order chi connectivity index (χ1) is 5.33. The molecule has 0 aromatic carbocycles. The Bertz CT molecular complexity index is 299. The van der Waals surface area contributed by atoms with Crippen molar-refractivity contribution in [2.75, 3.05) is 6.61 Å². The summed E-state index contributed by atoms with van der Waals surface area (Å²) in [5, 5.41) is 4.72. The van der Waals surface area contributed by atoms with Gasteiger partial charge in [0.1, 0.15) is 5.54 Å². The molecule has 7 heteroatoms. The second-order valence-electron chi connectivity index (χ2n) is 2.87. The number of nitrogens with two attached hydrogens (primary N) is 1. The highest BCUT2D eigenvalue weighted by Crippen LogP contribution is 2.19. The number of cyclic esters (lactones) is 1. The molecule has 0 radical (unpaired) electrons. The van der Waals surface area contributed by atoms with Crippen molar-refractivity contribution in [2.45, 2.75) is 18.9 Å². The molecule has 1 rings (SSSR count). The summed E-state index contributed by atoms with van der Waals surface area (Å²) >= 11 is 0. The number of rotatable bonds is 2. The highest BCUT2D eigenvalue weighted by Gasteiger charge is 2.42. The van der Waals surface area contributed by atoms with Crippen LogP contribution in [-0.2, 0) is 19.7 Å². The Morgan fingerprint density at radius 3 is 2.58 bits per heavy atom. The summed E-state index contributed by atoms with van der Waals surface area (Å²) in [4.78, 5) is 11.0. The molecular formula is C5H10N2O4S. The van der Waals surface area contributed by atoms with Gasteiger partial charge in [0.25, 0.3) is 10.2 Å². The van der Waals surface area contributed by atoms with Gasteiger partial charge in [0.05, 0.1) is 6.61 Å².